The summed E-state index contributed by atoms with van der Waals surface area (Å²) >= 11 is 0. The van der Waals surface area contributed by atoms with Crippen LogP contribution in [0.15, 0.2) is 39.7 Å². The standard InChI is InChI=1S/C15H14O5/c1-10(16)19-9-13-8-12-4-3-11(5-6-18-2)7-14(12)20-15(13)17/h3-8H,9H2,1-2H3/b6-5+. The minimum Gasteiger partial charge on any atom is -0.504 e. The van der Waals surface area contributed by atoms with Crippen molar-refractivity contribution in [3.8, 4) is 0 Å². The minimum atomic E-state index is -0.508. The Kier molecular flexibility index (Phi) is 4.20. The summed E-state index contributed by atoms with van der Waals surface area (Å²) in [6.45, 7) is 1.20. The van der Waals surface area contributed by atoms with Crippen LogP contribution < -0.4 is 5.63 Å². The first kappa shape index (κ1) is 13.9. The van der Waals surface area contributed by atoms with Crippen molar-refractivity contribution in [2.45, 2.75) is 13.5 Å². The van der Waals surface area contributed by atoms with Crippen LogP contribution in [0.5, 0.6) is 0 Å². The van der Waals surface area contributed by atoms with E-state index in [0.717, 1.165) is 10.9 Å². The molecule has 0 atom stereocenters. The van der Waals surface area contributed by atoms with Gasteiger partial charge in [0.05, 0.1) is 18.9 Å². The molecule has 0 bridgehead atoms. The molecule has 104 valence electrons. The summed E-state index contributed by atoms with van der Waals surface area (Å²) in [5.41, 5.74) is 1.13. The molecule has 5 heteroatoms. The van der Waals surface area contributed by atoms with Crippen LogP contribution in [-0.2, 0) is 20.9 Å². The van der Waals surface area contributed by atoms with E-state index in [4.69, 9.17) is 13.9 Å². The Morgan fingerprint density at radius 1 is 1.35 bits per heavy atom. The van der Waals surface area contributed by atoms with Gasteiger partial charge in [-0.05, 0) is 23.8 Å². The number of carbonyl (C=O) groups is 1. The Balaban J connectivity index is 2.38. The van der Waals surface area contributed by atoms with Crippen molar-refractivity contribution in [3.05, 3.63) is 52.1 Å². The third-order valence-electron chi connectivity index (χ3n) is 2.66. The summed E-state index contributed by atoms with van der Waals surface area (Å²) in [7, 11) is 1.55. The fourth-order valence-corrected chi connectivity index (χ4v) is 1.70. The van der Waals surface area contributed by atoms with Gasteiger partial charge in [0, 0.05) is 12.3 Å². The highest BCUT2D eigenvalue weighted by Crippen LogP contribution is 2.17. The van der Waals surface area contributed by atoms with E-state index in [0.29, 0.717) is 11.1 Å². The zero-order valence-corrected chi connectivity index (χ0v) is 11.2. The molecule has 1 aromatic carbocycles. The van der Waals surface area contributed by atoms with E-state index in [9.17, 15) is 9.59 Å². The third-order valence-corrected chi connectivity index (χ3v) is 2.66. The molecule has 0 saturated heterocycles. The van der Waals surface area contributed by atoms with E-state index < -0.39 is 11.6 Å². The van der Waals surface area contributed by atoms with Gasteiger partial charge in [-0.3, -0.25) is 4.79 Å². The Morgan fingerprint density at radius 2 is 2.15 bits per heavy atom. The lowest BCUT2D eigenvalue weighted by Gasteiger charge is -2.03. The van der Waals surface area contributed by atoms with E-state index in [2.05, 4.69) is 0 Å². The zero-order chi connectivity index (χ0) is 14.5. The van der Waals surface area contributed by atoms with Gasteiger partial charge in [0.1, 0.15) is 12.2 Å². The number of ether oxygens (including phenoxy) is 2. The van der Waals surface area contributed by atoms with E-state index >= 15 is 0 Å². The van der Waals surface area contributed by atoms with Crippen LogP contribution in [0.3, 0.4) is 0 Å². The van der Waals surface area contributed by atoms with Gasteiger partial charge in [0.25, 0.3) is 0 Å². The Morgan fingerprint density at radius 3 is 2.85 bits per heavy atom. The van der Waals surface area contributed by atoms with Crippen LogP contribution in [0.4, 0.5) is 0 Å². The van der Waals surface area contributed by atoms with Gasteiger partial charge in [-0.25, -0.2) is 4.79 Å². The molecule has 20 heavy (non-hydrogen) atoms. The number of hydrogen-bond donors (Lipinski definition) is 0. The highest BCUT2D eigenvalue weighted by molar-refractivity contribution is 5.79. The van der Waals surface area contributed by atoms with Gasteiger partial charge in [-0.1, -0.05) is 12.1 Å². The van der Waals surface area contributed by atoms with Crippen LogP contribution >= 0.6 is 0 Å². The smallest absolute Gasteiger partial charge is 0.342 e. The summed E-state index contributed by atoms with van der Waals surface area (Å²) in [5, 5.41) is 0.765. The molecule has 5 nitrogen and oxygen atoms in total. The van der Waals surface area contributed by atoms with Gasteiger partial charge in [0.2, 0.25) is 0 Å². The van der Waals surface area contributed by atoms with Crippen molar-refractivity contribution in [1.29, 1.82) is 0 Å². The van der Waals surface area contributed by atoms with Crippen LogP contribution in [-0.4, -0.2) is 13.1 Å². The van der Waals surface area contributed by atoms with E-state index in [1.54, 1.807) is 25.3 Å². The van der Waals surface area contributed by atoms with Crippen LogP contribution in [0.2, 0.25) is 0 Å². The van der Waals surface area contributed by atoms with Crippen molar-refractivity contribution in [2.75, 3.05) is 7.11 Å². The molecule has 0 fully saturated rings. The largest absolute Gasteiger partial charge is 0.504 e. The maximum absolute atomic E-state index is 11.8. The van der Waals surface area contributed by atoms with Gasteiger partial charge in [-0.15, -0.1) is 0 Å². The molecule has 0 amide bonds. The normalized spacial score (nSPS) is 10.9. The average molecular weight is 274 g/mol. The fraction of sp³-hybridized carbons (Fsp3) is 0.200. The molecule has 1 heterocycles. The summed E-state index contributed by atoms with van der Waals surface area (Å²) in [6.07, 6.45) is 3.29. The van der Waals surface area contributed by atoms with Crippen LogP contribution in [0.25, 0.3) is 17.0 Å². The number of methoxy groups -OCH3 is 1. The topological polar surface area (TPSA) is 65.7 Å². The highest BCUT2D eigenvalue weighted by Gasteiger charge is 2.07. The molecule has 0 N–H and O–H groups in total. The van der Waals surface area contributed by atoms with Crippen LogP contribution in [0, 0.1) is 0 Å². The SMILES string of the molecule is CO/C=C/c1ccc2cc(COC(C)=O)c(=O)oc2c1. The molecule has 2 rings (SSSR count). The third kappa shape index (κ3) is 3.26. The molecule has 0 saturated carbocycles. The Bertz CT molecular complexity index is 712. The Hall–Kier alpha value is -2.56. The molecular formula is C15H14O5. The second-order valence-corrected chi connectivity index (χ2v) is 4.18. The lowest BCUT2D eigenvalue weighted by Crippen LogP contribution is -2.10. The van der Waals surface area contributed by atoms with Crippen molar-refractivity contribution in [2.24, 2.45) is 0 Å². The predicted molar refractivity (Wildman–Crippen MR) is 74.0 cm³/mol. The van der Waals surface area contributed by atoms with Crippen LogP contribution in [0.1, 0.15) is 18.1 Å². The number of benzene rings is 1. The maximum Gasteiger partial charge on any atom is 0.342 e. The lowest BCUT2D eigenvalue weighted by atomic mass is 10.1. The molecular weight excluding hydrogens is 260 g/mol. The first-order valence-electron chi connectivity index (χ1n) is 5.99. The Labute approximate surface area is 115 Å². The molecule has 0 radical (unpaired) electrons. The summed E-state index contributed by atoms with van der Waals surface area (Å²) in [5.74, 6) is -0.440. The monoisotopic (exact) mass is 274 g/mol. The molecule has 2 aromatic rings. The number of carbonyl (C=O) groups excluding carboxylic acids is 1. The zero-order valence-electron chi connectivity index (χ0n) is 11.2. The molecule has 0 unspecified atom stereocenters. The molecule has 0 aliphatic carbocycles. The number of esters is 1. The van der Waals surface area contributed by atoms with E-state index in [1.807, 2.05) is 12.1 Å². The summed E-state index contributed by atoms with van der Waals surface area (Å²) in [4.78, 5) is 22.5. The van der Waals surface area contributed by atoms with E-state index in [1.165, 1.54) is 13.2 Å². The van der Waals surface area contributed by atoms with Crippen molar-refractivity contribution >= 4 is 23.0 Å². The first-order chi connectivity index (χ1) is 9.60. The van der Waals surface area contributed by atoms with Crippen molar-refractivity contribution in [1.82, 2.24) is 0 Å². The molecule has 0 aliphatic rings. The van der Waals surface area contributed by atoms with Gasteiger partial charge in [0.15, 0.2) is 0 Å². The highest BCUT2D eigenvalue weighted by atomic mass is 16.5. The summed E-state index contributed by atoms with van der Waals surface area (Å²) in [6, 6.07) is 7.09. The number of rotatable bonds is 4. The van der Waals surface area contributed by atoms with Gasteiger partial charge in [-0.2, -0.15) is 0 Å². The second kappa shape index (κ2) is 6.06. The number of fused-ring (bicyclic) bond motifs is 1. The maximum atomic E-state index is 11.8. The lowest BCUT2D eigenvalue weighted by molar-refractivity contribution is -0.142. The molecule has 1 aromatic heterocycles. The second-order valence-electron chi connectivity index (χ2n) is 4.18. The van der Waals surface area contributed by atoms with Crippen molar-refractivity contribution in [3.63, 3.8) is 0 Å². The minimum absolute atomic E-state index is 0.0844. The predicted octanol–water partition coefficient (Wildman–Crippen LogP) is 2.47. The summed E-state index contributed by atoms with van der Waals surface area (Å²) < 4.78 is 14.9. The van der Waals surface area contributed by atoms with E-state index in [-0.39, 0.29) is 6.61 Å². The first-order valence-corrected chi connectivity index (χ1v) is 5.99. The van der Waals surface area contributed by atoms with Gasteiger partial charge < -0.3 is 13.9 Å². The molecule has 0 aliphatic heterocycles. The van der Waals surface area contributed by atoms with Crippen molar-refractivity contribution < 1.29 is 18.7 Å². The quantitative estimate of drug-likeness (QED) is 0.487. The number of hydrogen-bond acceptors (Lipinski definition) is 5. The molecule has 0 spiro atoms. The average Bonchev–Trinajstić information content (AvgIpc) is 2.42. The van der Waals surface area contributed by atoms with Gasteiger partial charge >= 0.3 is 11.6 Å². The fourth-order valence-electron chi connectivity index (χ4n) is 1.70.